The van der Waals surface area contributed by atoms with E-state index < -0.39 is 0 Å². The molecule has 0 radical (unpaired) electrons. The lowest BCUT2D eigenvalue weighted by Crippen LogP contribution is -2.44. The number of nitrogens with zero attached hydrogens (tertiary/aromatic N) is 2. The van der Waals surface area contributed by atoms with Crippen molar-refractivity contribution in [2.24, 2.45) is 0 Å². The van der Waals surface area contributed by atoms with Crippen LogP contribution in [0.25, 0.3) is 23.1 Å². The molecule has 3 aromatic rings. The Bertz CT molecular complexity index is 1120. The Hall–Kier alpha value is -3.44. The van der Waals surface area contributed by atoms with Gasteiger partial charge in [0.2, 0.25) is 0 Å². The Morgan fingerprint density at radius 3 is 2.23 bits per heavy atom. The van der Waals surface area contributed by atoms with Crippen molar-refractivity contribution in [3.63, 3.8) is 0 Å². The summed E-state index contributed by atoms with van der Waals surface area (Å²) in [5.74, 6) is -0.399. The topological polar surface area (TPSA) is 56.4 Å². The number of carbonyl (C=O) groups is 2. The van der Waals surface area contributed by atoms with Gasteiger partial charge in [-0.25, -0.2) is 0 Å². The van der Waals surface area contributed by atoms with Crippen LogP contribution >= 0.6 is 0 Å². The van der Waals surface area contributed by atoms with Crippen molar-refractivity contribution in [1.29, 1.82) is 0 Å². The number of aromatic amines is 1. The number of piperazine rings is 1. The average Bonchev–Trinajstić information content (AvgIpc) is 3.25. The summed E-state index contributed by atoms with van der Waals surface area (Å²) in [4.78, 5) is 32.2. The zero-order chi connectivity index (χ0) is 21.6. The second-order valence-corrected chi connectivity index (χ2v) is 7.98. The Morgan fingerprint density at radius 1 is 0.871 bits per heavy atom. The van der Waals surface area contributed by atoms with E-state index in [1.807, 2.05) is 42.6 Å². The zero-order valence-corrected chi connectivity index (χ0v) is 17.8. The molecule has 0 aliphatic carbocycles. The number of H-pyrrole nitrogens is 1. The Morgan fingerprint density at radius 2 is 1.52 bits per heavy atom. The Balaban J connectivity index is 1.28. The highest BCUT2D eigenvalue weighted by Gasteiger charge is 2.13. The third kappa shape index (κ3) is 5.58. The number of ketones is 2. The van der Waals surface area contributed by atoms with Gasteiger partial charge in [0.25, 0.3) is 0 Å². The predicted octanol–water partition coefficient (Wildman–Crippen LogP) is 4.17. The number of fused-ring (bicyclic) bond motifs is 1. The highest BCUT2D eigenvalue weighted by atomic mass is 16.1. The van der Waals surface area contributed by atoms with Gasteiger partial charge in [-0.15, -0.1) is 0 Å². The van der Waals surface area contributed by atoms with Gasteiger partial charge < -0.3 is 14.8 Å². The van der Waals surface area contributed by atoms with Gasteiger partial charge in [-0.05, 0) is 60.0 Å². The van der Waals surface area contributed by atoms with Crippen LogP contribution in [-0.2, 0) is 9.59 Å². The van der Waals surface area contributed by atoms with E-state index in [0.717, 1.165) is 48.2 Å². The Labute approximate surface area is 182 Å². The van der Waals surface area contributed by atoms with Gasteiger partial charge in [-0.2, -0.15) is 0 Å². The summed E-state index contributed by atoms with van der Waals surface area (Å²) in [5, 5.41) is 1.13. The summed E-state index contributed by atoms with van der Waals surface area (Å²) in [5.41, 5.74) is 4.10. The van der Waals surface area contributed by atoms with E-state index in [4.69, 9.17) is 0 Å². The monoisotopic (exact) mass is 413 g/mol. The lowest BCUT2D eigenvalue weighted by molar-refractivity contribution is -0.121. The van der Waals surface area contributed by atoms with Crippen molar-refractivity contribution < 1.29 is 9.59 Å². The molecule has 5 nitrogen and oxygen atoms in total. The summed E-state index contributed by atoms with van der Waals surface area (Å²) in [6.07, 6.45) is 8.23. The molecule has 158 valence electrons. The molecule has 1 fully saturated rings. The number of nitrogens with one attached hydrogen (secondary N) is 1. The van der Waals surface area contributed by atoms with Gasteiger partial charge in [0.05, 0.1) is 6.42 Å². The standard InChI is InChI=1S/C26H27N3O2/c1-28-14-16-29(17-15-28)23-8-3-20(4-9-23)5-10-24(30)19-25(31)11-6-21-2-7-22-12-13-27-26(22)18-21/h2-13,18,27H,14-17,19H2,1H3. The number of benzene rings is 2. The third-order valence-electron chi connectivity index (χ3n) is 5.61. The molecule has 31 heavy (non-hydrogen) atoms. The van der Waals surface area contributed by atoms with Gasteiger partial charge >= 0.3 is 0 Å². The zero-order valence-electron chi connectivity index (χ0n) is 17.8. The molecule has 5 heteroatoms. The minimum Gasteiger partial charge on any atom is -0.369 e. The van der Waals surface area contributed by atoms with Gasteiger partial charge in [0.1, 0.15) is 0 Å². The lowest BCUT2D eigenvalue weighted by atomic mass is 10.1. The summed E-state index contributed by atoms with van der Waals surface area (Å²) >= 11 is 0. The van der Waals surface area contributed by atoms with Crippen molar-refractivity contribution in [1.82, 2.24) is 9.88 Å². The molecular weight excluding hydrogens is 386 g/mol. The lowest BCUT2D eigenvalue weighted by Gasteiger charge is -2.34. The van der Waals surface area contributed by atoms with Crippen LogP contribution in [0.5, 0.6) is 0 Å². The fourth-order valence-electron chi connectivity index (χ4n) is 3.70. The molecule has 1 N–H and O–H groups in total. The van der Waals surface area contributed by atoms with Crippen LogP contribution in [0.2, 0.25) is 0 Å². The van der Waals surface area contributed by atoms with Crippen LogP contribution in [-0.4, -0.2) is 54.7 Å². The van der Waals surface area contributed by atoms with Crippen molar-refractivity contribution in [2.75, 3.05) is 38.1 Å². The Kier molecular flexibility index (Phi) is 6.43. The third-order valence-corrected chi connectivity index (χ3v) is 5.61. The number of anilines is 1. The molecule has 4 rings (SSSR count). The van der Waals surface area contributed by atoms with Crippen LogP contribution in [0.3, 0.4) is 0 Å². The molecule has 2 heterocycles. The van der Waals surface area contributed by atoms with E-state index in [9.17, 15) is 9.59 Å². The quantitative estimate of drug-likeness (QED) is 0.466. The highest BCUT2D eigenvalue weighted by Crippen LogP contribution is 2.18. The number of hydrogen-bond acceptors (Lipinski definition) is 4. The van der Waals surface area contributed by atoms with Crippen molar-refractivity contribution in [3.8, 4) is 0 Å². The smallest absolute Gasteiger partial charge is 0.163 e. The number of aromatic nitrogens is 1. The summed E-state index contributed by atoms with van der Waals surface area (Å²) in [6.45, 7) is 4.19. The molecule has 1 saturated heterocycles. The molecule has 1 aliphatic rings. The van der Waals surface area contributed by atoms with E-state index in [1.165, 1.54) is 17.8 Å². The fraction of sp³-hybridized carbons (Fsp3) is 0.231. The van der Waals surface area contributed by atoms with Crippen molar-refractivity contribution in [2.45, 2.75) is 6.42 Å². The predicted molar refractivity (Wildman–Crippen MR) is 127 cm³/mol. The molecule has 2 aromatic carbocycles. The SMILES string of the molecule is CN1CCN(c2ccc(C=CC(=O)CC(=O)C=Cc3ccc4cc[nH]c4c3)cc2)CC1. The van der Waals surface area contributed by atoms with E-state index in [0.29, 0.717) is 0 Å². The first-order valence-electron chi connectivity index (χ1n) is 10.6. The molecule has 0 amide bonds. The first-order chi connectivity index (χ1) is 15.1. The molecule has 0 atom stereocenters. The van der Waals surface area contributed by atoms with Crippen LogP contribution < -0.4 is 4.90 Å². The number of likely N-dealkylation sites (N-methyl/N-ethyl adjacent to an activating group) is 1. The molecule has 1 aromatic heterocycles. The van der Waals surface area contributed by atoms with Crippen LogP contribution in [0, 0.1) is 0 Å². The van der Waals surface area contributed by atoms with E-state index in [2.05, 4.69) is 34.0 Å². The second kappa shape index (κ2) is 9.58. The fourth-order valence-corrected chi connectivity index (χ4v) is 3.70. The molecule has 0 saturated carbocycles. The van der Waals surface area contributed by atoms with E-state index in [1.54, 1.807) is 12.2 Å². The van der Waals surface area contributed by atoms with E-state index >= 15 is 0 Å². The number of carbonyl (C=O) groups excluding carboxylic acids is 2. The van der Waals surface area contributed by atoms with Crippen molar-refractivity contribution >= 4 is 40.3 Å². The molecule has 1 aliphatic heterocycles. The normalized spacial score (nSPS) is 15.3. The van der Waals surface area contributed by atoms with Crippen LogP contribution in [0.15, 0.2) is 66.9 Å². The van der Waals surface area contributed by atoms with Crippen molar-refractivity contribution in [3.05, 3.63) is 78.0 Å². The second-order valence-electron chi connectivity index (χ2n) is 7.98. The molecule has 0 bridgehead atoms. The minimum atomic E-state index is -0.202. The van der Waals surface area contributed by atoms with Gasteiger partial charge in [-0.1, -0.05) is 36.4 Å². The first-order valence-corrected chi connectivity index (χ1v) is 10.6. The highest BCUT2D eigenvalue weighted by molar-refractivity contribution is 6.11. The first kappa shape index (κ1) is 20.8. The maximum atomic E-state index is 12.2. The number of allylic oxidation sites excluding steroid dienone is 2. The van der Waals surface area contributed by atoms with Gasteiger partial charge in [0, 0.05) is 43.6 Å². The largest absolute Gasteiger partial charge is 0.369 e. The minimum absolute atomic E-state index is 0.128. The number of rotatable bonds is 7. The molecular formula is C26H27N3O2. The molecule has 0 unspecified atom stereocenters. The van der Waals surface area contributed by atoms with Gasteiger partial charge in [0.15, 0.2) is 11.6 Å². The summed E-state index contributed by atoms with van der Waals surface area (Å²) in [6, 6.07) is 16.1. The average molecular weight is 414 g/mol. The maximum absolute atomic E-state index is 12.2. The number of hydrogen-bond donors (Lipinski definition) is 1. The summed E-state index contributed by atoms with van der Waals surface area (Å²) in [7, 11) is 2.14. The summed E-state index contributed by atoms with van der Waals surface area (Å²) < 4.78 is 0. The van der Waals surface area contributed by atoms with E-state index in [-0.39, 0.29) is 18.0 Å². The van der Waals surface area contributed by atoms with Crippen LogP contribution in [0.4, 0.5) is 5.69 Å². The van der Waals surface area contributed by atoms with Crippen LogP contribution in [0.1, 0.15) is 17.5 Å². The molecule has 0 spiro atoms. The maximum Gasteiger partial charge on any atom is 0.163 e. The van der Waals surface area contributed by atoms with Gasteiger partial charge in [-0.3, -0.25) is 9.59 Å².